The summed E-state index contributed by atoms with van der Waals surface area (Å²) in [7, 11) is 0. The van der Waals surface area contributed by atoms with Crippen molar-refractivity contribution in [2.24, 2.45) is 5.92 Å². The Kier molecular flexibility index (Phi) is 12.6. The van der Waals surface area contributed by atoms with Gasteiger partial charge in [-0.05, 0) is 84.5 Å². The molecule has 0 fully saturated rings. The Morgan fingerprint density at radius 1 is 0.976 bits per heavy atom. The van der Waals surface area contributed by atoms with Gasteiger partial charge in [0.1, 0.15) is 12.5 Å². The third-order valence-electron chi connectivity index (χ3n) is 7.11. The van der Waals surface area contributed by atoms with Crippen molar-refractivity contribution in [2.45, 2.75) is 46.0 Å². The SMILES string of the molecule is C=O.CCC(=O)NCC(C)CCOc1ccc(C(C)c2[nH]c3ccc(Cl)cc3c2CCNc2ccc(Cl)cc2)cc1. The molecule has 0 aliphatic rings. The molecular formula is C33H39Cl2N3O3. The van der Waals surface area contributed by atoms with Gasteiger partial charge in [0, 0.05) is 57.8 Å². The first-order chi connectivity index (χ1) is 19.8. The number of ether oxygens (including phenoxy) is 1. The van der Waals surface area contributed by atoms with Crippen molar-refractivity contribution in [3.63, 3.8) is 0 Å². The molecule has 41 heavy (non-hydrogen) atoms. The summed E-state index contributed by atoms with van der Waals surface area (Å²) in [5.74, 6) is 1.47. The highest BCUT2D eigenvalue weighted by Gasteiger charge is 2.19. The van der Waals surface area contributed by atoms with Crippen molar-refractivity contribution in [1.82, 2.24) is 10.3 Å². The number of aromatic nitrogens is 1. The lowest BCUT2D eigenvalue weighted by molar-refractivity contribution is -0.120. The summed E-state index contributed by atoms with van der Waals surface area (Å²) in [5.41, 5.74) is 5.81. The normalized spacial score (nSPS) is 12.2. The van der Waals surface area contributed by atoms with Crippen LogP contribution in [0.4, 0.5) is 5.69 Å². The quantitative estimate of drug-likeness (QED) is 0.146. The second-order valence-electron chi connectivity index (χ2n) is 10.1. The standard InChI is InChI=1S/C32H37Cl2N3O2.CH2O/c1-4-31(38)36-20-21(2)16-18-39-27-12-5-23(6-13-27)22(3)32-28(29-19-25(34)9-14-30(29)37-32)15-17-35-26-10-7-24(33)8-11-26;1-2/h5-14,19,21-22,35,37H,4,15-18,20H2,1-3H3,(H,36,38);1H2. The van der Waals surface area contributed by atoms with Crippen LogP contribution in [0, 0.1) is 5.92 Å². The van der Waals surface area contributed by atoms with Gasteiger partial charge < -0.3 is 25.1 Å². The molecule has 3 aromatic carbocycles. The number of carbonyl (C=O) groups excluding carboxylic acids is 2. The first-order valence-corrected chi connectivity index (χ1v) is 14.7. The van der Waals surface area contributed by atoms with E-state index in [-0.39, 0.29) is 11.8 Å². The van der Waals surface area contributed by atoms with E-state index in [4.69, 9.17) is 32.7 Å². The molecule has 6 nitrogen and oxygen atoms in total. The van der Waals surface area contributed by atoms with Crippen LogP contribution in [0.3, 0.4) is 0 Å². The predicted octanol–water partition coefficient (Wildman–Crippen LogP) is 8.03. The van der Waals surface area contributed by atoms with E-state index in [9.17, 15) is 4.79 Å². The molecule has 8 heteroatoms. The van der Waals surface area contributed by atoms with Crippen LogP contribution in [0.15, 0.2) is 66.7 Å². The molecule has 0 saturated carbocycles. The Balaban J connectivity index is 0.00000226. The van der Waals surface area contributed by atoms with Crippen LogP contribution in [-0.4, -0.2) is 37.4 Å². The molecular weight excluding hydrogens is 557 g/mol. The minimum atomic E-state index is 0.0894. The zero-order valence-electron chi connectivity index (χ0n) is 23.9. The van der Waals surface area contributed by atoms with E-state index in [0.29, 0.717) is 25.5 Å². The van der Waals surface area contributed by atoms with Crippen molar-refractivity contribution in [3.8, 4) is 5.75 Å². The van der Waals surface area contributed by atoms with E-state index in [1.54, 1.807) is 0 Å². The molecule has 3 N–H and O–H groups in total. The Bertz CT molecular complexity index is 1390. The number of anilines is 1. The van der Waals surface area contributed by atoms with Gasteiger partial charge in [-0.25, -0.2) is 0 Å². The second-order valence-corrected chi connectivity index (χ2v) is 11.0. The van der Waals surface area contributed by atoms with Gasteiger partial charge in [0.15, 0.2) is 0 Å². The molecule has 0 radical (unpaired) electrons. The monoisotopic (exact) mass is 595 g/mol. The molecule has 0 aliphatic heterocycles. The molecule has 4 aromatic rings. The van der Waals surface area contributed by atoms with Gasteiger partial charge in [-0.15, -0.1) is 0 Å². The van der Waals surface area contributed by atoms with Gasteiger partial charge >= 0.3 is 0 Å². The van der Waals surface area contributed by atoms with Crippen LogP contribution in [-0.2, 0) is 16.0 Å². The van der Waals surface area contributed by atoms with Crippen LogP contribution >= 0.6 is 23.2 Å². The van der Waals surface area contributed by atoms with Crippen molar-refractivity contribution in [3.05, 3.63) is 93.6 Å². The van der Waals surface area contributed by atoms with Gasteiger partial charge in [-0.2, -0.15) is 0 Å². The number of halogens is 2. The van der Waals surface area contributed by atoms with Crippen LogP contribution in [0.25, 0.3) is 10.9 Å². The lowest BCUT2D eigenvalue weighted by Crippen LogP contribution is -2.28. The van der Waals surface area contributed by atoms with Gasteiger partial charge in [0.25, 0.3) is 0 Å². The highest BCUT2D eigenvalue weighted by Crippen LogP contribution is 2.34. The van der Waals surface area contributed by atoms with E-state index in [1.807, 2.05) is 62.2 Å². The fraction of sp³-hybridized carbons (Fsp3) is 0.333. The first kappa shape index (κ1) is 32.0. The molecule has 1 aromatic heterocycles. The largest absolute Gasteiger partial charge is 0.494 e. The minimum Gasteiger partial charge on any atom is -0.494 e. The first-order valence-electron chi connectivity index (χ1n) is 13.9. The lowest BCUT2D eigenvalue weighted by Gasteiger charge is -2.16. The van der Waals surface area contributed by atoms with Crippen LogP contribution in [0.5, 0.6) is 5.75 Å². The van der Waals surface area contributed by atoms with E-state index in [2.05, 4.69) is 47.7 Å². The maximum absolute atomic E-state index is 11.5. The Morgan fingerprint density at radius 2 is 1.66 bits per heavy atom. The average molecular weight is 597 g/mol. The number of rotatable bonds is 13. The topological polar surface area (TPSA) is 83.2 Å². The predicted molar refractivity (Wildman–Crippen MR) is 171 cm³/mol. The lowest BCUT2D eigenvalue weighted by atomic mass is 9.93. The van der Waals surface area contributed by atoms with Crippen molar-refractivity contribution in [1.29, 1.82) is 0 Å². The smallest absolute Gasteiger partial charge is 0.219 e. The summed E-state index contributed by atoms with van der Waals surface area (Å²) in [5, 5.41) is 9.07. The summed E-state index contributed by atoms with van der Waals surface area (Å²) < 4.78 is 5.99. The molecule has 0 bridgehead atoms. The average Bonchev–Trinajstić information content (AvgIpc) is 3.35. The summed E-state index contributed by atoms with van der Waals surface area (Å²) in [6.45, 7) is 10.3. The molecule has 0 aliphatic carbocycles. The zero-order valence-corrected chi connectivity index (χ0v) is 25.4. The molecule has 1 heterocycles. The molecule has 0 saturated heterocycles. The number of nitrogens with one attached hydrogen (secondary N) is 3. The van der Waals surface area contributed by atoms with Crippen LogP contribution in [0.1, 0.15) is 56.4 Å². The van der Waals surface area contributed by atoms with Gasteiger partial charge in [0.2, 0.25) is 5.91 Å². The van der Waals surface area contributed by atoms with E-state index >= 15 is 0 Å². The summed E-state index contributed by atoms with van der Waals surface area (Å²) in [6.07, 6.45) is 2.25. The zero-order chi connectivity index (χ0) is 29.8. The summed E-state index contributed by atoms with van der Waals surface area (Å²) in [6, 6.07) is 22.1. The van der Waals surface area contributed by atoms with Gasteiger partial charge in [0.05, 0.1) is 6.61 Å². The number of aromatic amines is 1. The van der Waals surface area contributed by atoms with Crippen molar-refractivity contribution >= 4 is 52.5 Å². The summed E-state index contributed by atoms with van der Waals surface area (Å²) in [4.78, 5) is 23.1. The van der Waals surface area contributed by atoms with Crippen LogP contribution in [0.2, 0.25) is 10.0 Å². The van der Waals surface area contributed by atoms with E-state index < -0.39 is 0 Å². The summed E-state index contributed by atoms with van der Waals surface area (Å²) >= 11 is 12.4. The Morgan fingerprint density at radius 3 is 2.34 bits per heavy atom. The molecule has 1 amide bonds. The van der Waals surface area contributed by atoms with Crippen molar-refractivity contribution in [2.75, 3.05) is 25.0 Å². The van der Waals surface area contributed by atoms with E-state index in [0.717, 1.165) is 51.8 Å². The number of hydrogen-bond acceptors (Lipinski definition) is 4. The minimum absolute atomic E-state index is 0.0894. The maximum Gasteiger partial charge on any atom is 0.219 e. The number of amides is 1. The van der Waals surface area contributed by atoms with Crippen LogP contribution < -0.4 is 15.4 Å². The van der Waals surface area contributed by atoms with E-state index in [1.165, 1.54) is 16.8 Å². The molecule has 4 rings (SSSR count). The number of benzene rings is 3. The maximum atomic E-state index is 11.5. The third-order valence-corrected chi connectivity index (χ3v) is 7.60. The highest BCUT2D eigenvalue weighted by atomic mass is 35.5. The molecule has 218 valence electrons. The Hall–Kier alpha value is -3.48. The highest BCUT2D eigenvalue weighted by molar-refractivity contribution is 6.31. The number of H-pyrrole nitrogens is 1. The fourth-order valence-electron chi connectivity index (χ4n) is 4.69. The molecule has 2 atom stereocenters. The number of hydrogen-bond donors (Lipinski definition) is 3. The fourth-order valence-corrected chi connectivity index (χ4v) is 4.99. The third kappa shape index (κ3) is 9.27. The van der Waals surface area contributed by atoms with Gasteiger partial charge in [-0.1, -0.05) is 56.1 Å². The Labute approximate surface area is 252 Å². The molecule has 0 spiro atoms. The van der Waals surface area contributed by atoms with Crippen molar-refractivity contribution < 1.29 is 14.3 Å². The van der Waals surface area contributed by atoms with Gasteiger partial charge in [-0.3, -0.25) is 4.79 Å². The number of fused-ring (bicyclic) bond motifs is 1. The number of carbonyl (C=O) groups is 2. The second kappa shape index (κ2) is 16.1. The molecule has 2 unspecified atom stereocenters.